The van der Waals surface area contributed by atoms with Gasteiger partial charge in [-0.05, 0) is 35.2 Å². The topological polar surface area (TPSA) is 27.7 Å². The van der Waals surface area contributed by atoms with Crippen LogP contribution in [0.25, 0.3) is 11.1 Å². The van der Waals surface area contributed by atoms with E-state index in [-0.39, 0.29) is 42.2 Å². The second-order valence-electron chi connectivity index (χ2n) is 9.24. The molecule has 3 nitrogen and oxygen atoms in total. The summed E-state index contributed by atoms with van der Waals surface area (Å²) in [4.78, 5) is 0. The van der Waals surface area contributed by atoms with E-state index in [1.165, 1.54) is 0 Å². The maximum atomic E-state index is 14.8. The molecule has 0 aromatic heterocycles. The van der Waals surface area contributed by atoms with Crippen molar-refractivity contribution >= 4 is 0 Å². The van der Waals surface area contributed by atoms with Crippen LogP contribution >= 0.6 is 0 Å². The molecule has 4 aromatic carbocycles. The smallest absolute Gasteiger partial charge is 0.432 e. The molecule has 238 valence electrons. The normalized spacial score (nSPS) is 12.2. The average Bonchev–Trinajstić information content (AvgIpc) is 2.93. The van der Waals surface area contributed by atoms with Crippen molar-refractivity contribution in [3.63, 3.8) is 0 Å². The summed E-state index contributed by atoms with van der Waals surface area (Å²) in [6.07, 6.45) is -11.5. The molecule has 14 heteroatoms. The van der Waals surface area contributed by atoms with E-state index < -0.39 is 76.1 Å². The lowest BCUT2D eigenvalue weighted by Crippen LogP contribution is -2.26. The fourth-order valence-corrected chi connectivity index (χ4v) is 4.03. The molecule has 0 spiro atoms. The zero-order chi connectivity index (χ0) is 33.1. The Morgan fingerprint density at radius 1 is 0.644 bits per heavy atom. The van der Waals surface area contributed by atoms with E-state index in [0.29, 0.717) is 11.6 Å². The first-order chi connectivity index (χ1) is 21.1. The van der Waals surface area contributed by atoms with Crippen molar-refractivity contribution < 1.29 is 62.5 Å². The van der Waals surface area contributed by atoms with Crippen LogP contribution in [0, 0.1) is 29.1 Å². The Kier molecular flexibility index (Phi) is 9.64. The molecule has 0 radical (unpaired) electrons. The Balaban J connectivity index is 1.54. The fourth-order valence-electron chi connectivity index (χ4n) is 4.03. The molecule has 0 saturated heterocycles. The van der Waals surface area contributed by atoms with Crippen molar-refractivity contribution in [3.8, 4) is 28.4 Å². The first-order valence-electron chi connectivity index (χ1n) is 12.7. The summed E-state index contributed by atoms with van der Waals surface area (Å²) in [5.74, 6) is -13.1. The van der Waals surface area contributed by atoms with Gasteiger partial charge in [-0.25, -0.2) is 30.7 Å². The molecular weight excluding hydrogens is 629 g/mol. The van der Waals surface area contributed by atoms with Crippen LogP contribution in [0.2, 0.25) is 0 Å². The van der Waals surface area contributed by atoms with Gasteiger partial charge >= 0.3 is 12.2 Å². The third kappa shape index (κ3) is 7.67. The molecule has 0 amide bonds. The molecule has 45 heavy (non-hydrogen) atoms. The van der Waals surface area contributed by atoms with E-state index in [4.69, 9.17) is 0 Å². The SMILES string of the molecule is CCc1ccc(-c2ccc(C(F)(F)Oc3cc(F)c(C(F)(F)Oc4cc(F)c(OC=CC(F)F)c(F)c4)c(F)c3)c(F)c2)cc1. The second kappa shape index (κ2) is 13.1. The molecule has 0 unspecified atom stereocenters. The molecule has 0 bridgehead atoms. The molecule has 0 atom stereocenters. The standard InChI is InChI=1S/C31H19F11O3/c1-2-16-3-5-17(6-4-16)18-7-8-21(22(32)11-18)30(39,40)44-19-12-23(33)28(24(34)13-19)31(41,42)45-20-14-25(35)29(26(36)15-20)43-10-9-27(37)38/h3-15,27H,2H2,1H3. The van der Waals surface area contributed by atoms with E-state index in [9.17, 15) is 48.3 Å². The van der Waals surface area contributed by atoms with Crippen LogP contribution in [0.15, 0.2) is 79.1 Å². The Morgan fingerprint density at radius 2 is 1.16 bits per heavy atom. The molecule has 0 N–H and O–H groups in total. The molecule has 4 rings (SSSR count). The fraction of sp³-hybridized carbons (Fsp3) is 0.161. The van der Waals surface area contributed by atoms with Gasteiger partial charge in [-0.1, -0.05) is 37.3 Å². The Labute approximate surface area is 248 Å². The lowest BCUT2D eigenvalue weighted by molar-refractivity contribution is -0.191. The van der Waals surface area contributed by atoms with Gasteiger partial charge in [0.2, 0.25) is 0 Å². The summed E-state index contributed by atoms with van der Waals surface area (Å²) in [7, 11) is 0. The van der Waals surface area contributed by atoms with Crippen LogP contribution < -0.4 is 14.2 Å². The van der Waals surface area contributed by atoms with Crippen molar-refractivity contribution in [3.05, 3.63) is 125 Å². The third-order valence-electron chi connectivity index (χ3n) is 6.16. The van der Waals surface area contributed by atoms with Crippen molar-refractivity contribution in [2.24, 2.45) is 0 Å². The molecule has 0 saturated carbocycles. The highest BCUT2D eigenvalue weighted by Gasteiger charge is 2.43. The van der Waals surface area contributed by atoms with Crippen LogP contribution in [0.3, 0.4) is 0 Å². The Hall–Kier alpha value is -4.75. The van der Waals surface area contributed by atoms with Gasteiger partial charge in [0.1, 0.15) is 34.5 Å². The van der Waals surface area contributed by atoms with E-state index in [1.54, 1.807) is 24.3 Å². The lowest BCUT2D eigenvalue weighted by atomic mass is 10.0. The summed E-state index contributed by atoms with van der Waals surface area (Å²) in [6.45, 7) is 1.92. The van der Waals surface area contributed by atoms with Crippen LogP contribution in [0.5, 0.6) is 17.2 Å². The van der Waals surface area contributed by atoms with Crippen molar-refractivity contribution in [1.29, 1.82) is 0 Å². The summed E-state index contributed by atoms with van der Waals surface area (Å²) in [6, 6.07) is 9.58. The predicted octanol–water partition coefficient (Wildman–Crippen LogP) is 10.0. The van der Waals surface area contributed by atoms with E-state index in [1.807, 2.05) is 6.92 Å². The summed E-state index contributed by atoms with van der Waals surface area (Å²) in [5.41, 5.74) is -1.73. The van der Waals surface area contributed by atoms with E-state index >= 15 is 0 Å². The van der Waals surface area contributed by atoms with Crippen molar-refractivity contribution in [2.45, 2.75) is 32.0 Å². The van der Waals surface area contributed by atoms with Gasteiger partial charge in [-0.2, -0.15) is 17.6 Å². The molecule has 0 fully saturated rings. The van der Waals surface area contributed by atoms with Gasteiger partial charge in [0.05, 0.1) is 11.8 Å². The first-order valence-corrected chi connectivity index (χ1v) is 12.7. The van der Waals surface area contributed by atoms with Gasteiger partial charge in [-0.3, -0.25) is 0 Å². The highest BCUT2D eigenvalue weighted by atomic mass is 19.3. The lowest BCUT2D eigenvalue weighted by Gasteiger charge is -2.22. The zero-order valence-electron chi connectivity index (χ0n) is 22.7. The minimum absolute atomic E-state index is 0.0569. The summed E-state index contributed by atoms with van der Waals surface area (Å²) >= 11 is 0. The van der Waals surface area contributed by atoms with Gasteiger partial charge in [-0.15, -0.1) is 0 Å². The van der Waals surface area contributed by atoms with Gasteiger partial charge < -0.3 is 14.2 Å². The number of hydrogen-bond donors (Lipinski definition) is 0. The van der Waals surface area contributed by atoms with Gasteiger partial charge in [0.15, 0.2) is 17.4 Å². The first kappa shape index (κ1) is 33.1. The number of ether oxygens (including phenoxy) is 3. The number of halogens is 11. The molecular formula is C31H19F11O3. The average molecular weight is 648 g/mol. The minimum Gasteiger partial charge on any atom is -0.459 e. The molecule has 0 aliphatic carbocycles. The number of rotatable bonds is 11. The molecule has 0 heterocycles. The van der Waals surface area contributed by atoms with Crippen LogP contribution in [-0.4, -0.2) is 6.43 Å². The molecule has 4 aromatic rings. The van der Waals surface area contributed by atoms with Crippen molar-refractivity contribution in [2.75, 3.05) is 0 Å². The molecule has 0 aliphatic heterocycles. The monoisotopic (exact) mass is 648 g/mol. The predicted molar refractivity (Wildman–Crippen MR) is 139 cm³/mol. The second-order valence-corrected chi connectivity index (χ2v) is 9.24. The minimum atomic E-state index is -4.98. The molecule has 0 aliphatic rings. The number of aryl methyl sites for hydroxylation is 1. The number of hydrogen-bond acceptors (Lipinski definition) is 3. The van der Waals surface area contributed by atoms with Gasteiger partial charge in [0.25, 0.3) is 6.43 Å². The maximum absolute atomic E-state index is 14.8. The van der Waals surface area contributed by atoms with E-state index in [2.05, 4.69) is 14.2 Å². The Morgan fingerprint density at radius 3 is 1.67 bits per heavy atom. The maximum Gasteiger partial charge on any atom is 0.432 e. The van der Waals surface area contributed by atoms with Crippen molar-refractivity contribution in [1.82, 2.24) is 0 Å². The van der Waals surface area contributed by atoms with Crippen LogP contribution in [-0.2, 0) is 18.6 Å². The zero-order valence-corrected chi connectivity index (χ0v) is 22.7. The van der Waals surface area contributed by atoms with E-state index in [0.717, 1.165) is 24.1 Å². The quantitative estimate of drug-likeness (QED) is 0.120. The van der Waals surface area contributed by atoms with Gasteiger partial charge in [0, 0.05) is 30.3 Å². The number of allylic oxidation sites excluding steroid dienone is 1. The number of alkyl halides is 6. The number of benzene rings is 4. The highest BCUT2D eigenvalue weighted by Crippen LogP contribution is 2.40. The summed E-state index contributed by atoms with van der Waals surface area (Å²) < 4.78 is 168. The largest absolute Gasteiger partial charge is 0.459 e. The summed E-state index contributed by atoms with van der Waals surface area (Å²) in [5, 5.41) is 0. The Bertz CT molecular complexity index is 1660. The highest BCUT2D eigenvalue weighted by molar-refractivity contribution is 5.64. The van der Waals surface area contributed by atoms with Crippen LogP contribution in [0.1, 0.15) is 23.6 Å². The third-order valence-corrected chi connectivity index (χ3v) is 6.16. The van der Waals surface area contributed by atoms with Crippen LogP contribution in [0.4, 0.5) is 48.3 Å².